The van der Waals surface area contributed by atoms with Gasteiger partial charge in [0.15, 0.2) is 0 Å². The summed E-state index contributed by atoms with van der Waals surface area (Å²) >= 11 is 0. The first-order valence-electron chi connectivity index (χ1n) is 45.7. The van der Waals surface area contributed by atoms with Gasteiger partial charge in [0, 0.05) is 32.1 Å². The number of carboxylic acid groups (broad SMARTS) is 5. The number of unbranched alkanes of at least 4 members (excludes halogenated alkanes) is 70. The Bertz CT molecular complexity index is 1420. The molecule has 106 heavy (non-hydrogen) atoms. The van der Waals surface area contributed by atoms with Crippen LogP contribution in [0.3, 0.4) is 0 Å². The van der Waals surface area contributed by atoms with Crippen molar-refractivity contribution < 1.29 is 93.3 Å². The molecule has 16 heteroatoms. The van der Waals surface area contributed by atoms with Crippen LogP contribution in [-0.4, -0.2) is 29.8 Å². The van der Waals surface area contributed by atoms with E-state index in [-0.39, 0.29) is 50.7 Å². The second-order valence-electron chi connectivity index (χ2n) is 30.8. The van der Waals surface area contributed by atoms with Gasteiger partial charge in [-0.05, 0) is 32.1 Å². The second-order valence-corrected chi connectivity index (χ2v) is 30.8. The van der Waals surface area contributed by atoms with E-state index in [2.05, 4.69) is 57.5 Å². The van der Waals surface area contributed by atoms with Crippen molar-refractivity contribution in [2.45, 2.75) is 548 Å². The van der Waals surface area contributed by atoms with Crippen LogP contribution in [-0.2, 0) is 41.4 Å². The number of hydrogen-bond donors (Lipinski definition) is 0. The third-order valence-corrected chi connectivity index (χ3v) is 20.4. The maximum Gasteiger partial charge on any atom is 5.00 e. The van der Waals surface area contributed by atoms with E-state index in [1.165, 1.54) is 417 Å². The zero-order chi connectivity index (χ0) is 78.0. The van der Waals surface area contributed by atoms with Gasteiger partial charge in [-0.3, -0.25) is 25.5 Å². The molecule has 630 valence electrons. The largest absolute Gasteiger partial charge is 5.00 e. The Morgan fingerprint density at radius 1 is 0.132 bits per heavy atom. The summed E-state index contributed by atoms with van der Waals surface area (Å²) in [5, 5.41) is 102. The van der Waals surface area contributed by atoms with Crippen molar-refractivity contribution >= 4 is 29.8 Å². The van der Waals surface area contributed by atoms with Crippen LogP contribution >= 0.6 is 0 Å². The average Bonchev–Trinajstić information content (AvgIpc) is 3.87. The monoisotopic (exact) mass is 1550 g/mol. The SMILES string of the molecule is CCCCCCCCCCCCCCCCCC([O-])=[O+][O-].CCCCCCCCCCCCCCCCCC([O-])=[O+][O-].CCCCCCCCCCCCCCCCCC([O-])=[O+][O-].CCCCCCCCCCCCCCCCCC([O-])=[O+][O-].CCCCCCCCCCCCCCCCCC([O-])=[O+][O-].[V+5]. The van der Waals surface area contributed by atoms with Crippen LogP contribution in [0.25, 0.3) is 0 Å². The Hall–Kier alpha value is -3.07. The van der Waals surface area contributed by atoms with E-state index in [1.807, 2.05) is 0 Å². The molecule has 0 spiro atoms. The molecule has 0 aliphatic heterocycles. The molecular weight excluding hydrogens is 1370 g/mol. The van der Waals surface area contributed by atoms with E-state index < -0.39 is 29.8 Å². The van der Waals surface area contributed by atoms with Crippen molar-refractivity contribution in [2.75, 3.05) is 0 Å². The van der Waals surface area contributed by atoms with Gasteiger partial charge in [-0.1, -0.05) is 484 Å². The third-order valence-electron chi connectivity index (χ3n) is 20.4. The first kappa shape index (κ1) is 114. The zero-order valence-corrected chi connectivity index (χ0v) is 72.0. The minimum Gasteiger partial charge on any atom is -0.719 e. The molecule has 0 bridgehead atoms. The molecule has 0 fully saturated rings. The summed E-state index contributed by atoms with van der Waals surface area (Å²) in [7, 11) is 0. The van der Waals surface area contributed by atoms with Crippen molar-refractivity contribution in [1.29, 1.82) is 0 Å². The van der Waals surface area contributed by atoms with E-state index in [4.69, 9.17) is 0 Å². The summed E-state index contributed by atoms with van der Waals surface area (Å²) < 4.78 is 16.9. The third kappa shape index (κ3) is 119. The standard InChI is InChI=1S/5C18H36O3.V/c5*1-2-3-4-5-6-7-8-9-10-11-12-13-14-15-16-17-18(19)21-20;/h5*19H,2-17H2,1H3;/q;;;;;+5/p-5. The summed E-state index contributed by atoms with van der Waals surface area (Å²) in [6.07, 6.45) is 98.9. The smallest absolute Gasteiger partial charge is 0.719 e. The maximum atomic E-state index is 10.6. The fraction of sp³-hybridized carbons (Fsp3) is 0.944. The van der Waals surface area contributed by atoms with Crippen LogP contribution in [0.1, 0.15) is 548 Å². The van der Waals surface area contributed by atoms with Gasteiger partial charge in [0.05, 0.1) is 0 Å². The van der Waals surface area contributed by atoms with Crippen LogP contribution in [0, 0.1) is 0 Å². The Labute approximate surface area is 667 Å². The molecule has 0 saturated heterocycles. The van der Waals surface area contributed by atoms with Gasteiger partial charge in [-0.2, -0.15) is 0 Å². The summed E-state index contributed by atoms with van der Waals surface area (Å²) in [5.41, 5.74) is 0. The van der Waals surface area contributed by atoms with Gasteiger partial charge in [0.2, 0.25) is 0 Å². The second kappa shape index (κ2) is 111. The van der Waals surface area contributed by atoms with Crippen molar-refractivity contribution in [1.82, 2.24) is 0 Å². The Balaban J connectivity index is -0.000000294. The molecule has 0 N–H and O–H groups in total. The van der Waals surface area contributed by atoms with Crippen molar-refractivity contribution in [3.8, 4) is 0 Å². The first-order valence-corrected chi connectivity index (χ1v) is 45.7. The zero-order valence-electron chi connectivity index (χ0n) is 70.6. The van der Waals surface area contributed by atoms with Crippen LogP contribution in [0.4, 0.5) is 0 Å². The van der Waals surface area contributed by atoms with Crippen LogP contribution in [0.15, 0.2) is 0 Å². The van der Waals surface area contributed by atoms with Gasteiger partial charge < -0.3 is 49.2 Å². The molecule has 0 amide bonds. The van der Waals surface area contributed by atoms with Crippen molar-refractivity contribution in [3.05, 3.63) is 0 Å². The molecule has 0 aliphatic rings. The normalized spacial score (nSPS) is 11.8. The van der Waals surface area contributed by atoms with Gasteiger partial charge in [0.25, 0.3) is 0 Å². The maximum absolute atomic E-state index is 10.6. The molecular formula is C90H175O15V. The van der Waals surface area contributed by atoms with Crippen LogP contribution in [0.2, 0.25) is 0 Å². The molecule has 0 unspecified atom stereocenters. The molecule has 0 aromatic heterocycles. The van der Waals surface area contributed by atoms with Gasteiger partial charge in [-0.25, -0.2) is 0 Å². The minimum atomic E-state index is -0.621. The van der Waals surface area contributed by atoms with E-state index in [0.29, 0.717) is 0 Å². The predicted octanol–water partition coefficient (Wildman–Crippen LogP) is 19.0. The summed E-state index contributed by atoms with van der Waals surface area (Å²) in [6.45, 7) is 11.3. The molecule has 0 rings (SSSR count). The van der Waals surface area contributed by atoms with E-state index in [0.717, 1.165) is 64.2 Å². The predicted molar refractivity (Wildman–Crippen MR) is 423 cm³/mol. The number of carbonyl (C=O) groups excluding carboxylic acids is 5. The summed E-state index contributed by atoms with van der Waals surface area (Å²) in [6, 6.07) is 0. The summed E-state index contributed by atoms with van der Waals surface area (Å²) in [5.74, 6) is -3.10. The number of rotatable bonds is 80. The molecule has 15 nitrogen and oxygen atoms in total. The quantitative estimate of drug-likeness (QED) is 0.0240. The fourth-order valence-electron chi connectivity index (χ4n) is 13.4. The van der Waals surface area contributed by atoms with Gasteiger partial charge >= 0.3 is 48.4 Å². The van der Waals surface area contributed by atoms with Crippen LogP contribution in [0.5, 0.6) is 0 Å². The number of aliphatic carboxylic acids is 5. The molecule has 0 radical (unpaired) electrons. The molecule has 0 saturated carbocycles. The molecule has 0 heterocycles. The summed E-state index contributed by atoms with van der Waals surface area (Å²) in [4.78, 5) is 0. The molecule has 0 aromatic rings. The van der Waals surface area contributed by atoms with E-state index >= 15 is 0 Å². The van der Waals surface area contributed by atoms with E-state index in [9.17, 15) is 51.8 Å². The van der Waals surface area contributed by atoms with Crippen molar-refractivity contribution in [3.63, 3.8) is 0 Å². The fourth-order valence-corrected chi connectivity index (χ4v) is 13.4. The Morgan fingerprint density at radius 2 is 0.198 bits per heavy atom. The Morgan fingerprint density at radius 3 is 0.264 bits per heavy atom. The molecule has 0 aliphatic carbocycles. The average molecular weight is 1550 g/mol. The van der Waals surface area contributed by atoms with Gasteiger partial charge in [0.1, 0.15) is 0 Å². The van der Waals surface area contributed by atoms with Crippen LogP contribution < -0.4 is 51.8 Å². The topological polar surface area (TPSA) is 287 Å². The Kier molecular flexibility index (Phi) is 119. The number of hydrogen-bond acceptors (Lipinski definition) is 10. The molecule has 0 aromatic carbocycles. The molecule has 0 atom stereocenters. The number of carboxylic acids is 5. The van der Waals surface area contributed by atoms with Crippen molar-refractivity contribution in [2.24, 2.45) is 0 Å². The first-order chi connectivity index (χ1) is 51.5. The minimum absolute atomic E-state index is 0. The van der Waals surface area contributed by atoms with E-state index in [1.54, 1.807) is 0 Å². The van der Waals surface area contributed by atoms with Gasteiger partial charge in [-0.15, -0.1) is 0 Å².